The van der Waals surface area contributed by atoms with Crippen molar-refractivity contribution in [1.82, 2.24) is 19.9 Å². The molecule has 3 rings (SSSR count). The number of hydrogen-bond acceptors (Lipinski definition) is 6. The van der Waals surface area contributed by atoms with E-state index in [0.717, 1.165) is 55.7 Å². The van der Waals surface area contributed by atoms with Crippen LogP contribution in [0.5, 0.6) is 0 Å². The van der Waals surface area contributed by atoms with Crippen molar-refractivity contribution in [2.24, 2.45) is 0 Å². The maximum Gasteiger partial charge on any atom is 0.153 e. The minimum Gasteiger partial charge on any atom is -0.383 e. The highest BCUT2D eigenvalue weighted by molar-refractivity contribution is 5.54. The maximum atomic E-state index is 5.21. The summed E-state index contributed by atoms with van der Waals surface area (Å²) in [5.41, 5.74) is 2.01. The predicted octanol–water partition coefficient (Wildman–Crippen LogP) is 2.75. The first kappa shape index (κ1) is 16.8. The Morgan fingerprint density at radius 3 is 3.00 bits per heavy atom. The molecular formula is C18H25N5O. The van der Waals surface area contributed by atoms with E-state index in [1.54, 1.807) is 19.5 Å². The van der Waals surface area contributed by atoms with Crippen LogP contribution in [0.25, 0.3) is 0 Å². The van der Waals surface area contributed by atoms with Crippen molar-refractivity contribution in [3.63, 3.8) is 0 Å². The molecule has 24 heavy (non-hydrogen) atoms. The van der Waals surface area contributed by atoms with Gasteiger partial charge in [-0.05, 0) is 38.4 Å². The first-order chi connectivity index (χ1) is 11.8. The quantitative estimate of drug-likeness (QED) is 0.880. The molecule has 1 aliphatic heterocycles. The lowest BCUT2D eigenvalue weighted by atomic mass is 9.94. The van der Waals surface area contributed by atoms with E-state index in [1.165, 1.54) is 6.42 Å². The van der Waals surface area contributed by atoms with Gasteiger partial charge >= 0.3 is 0 Å². The van der Waals surface area contributed by atoms with E-state index in [4.69, 9.17) is 4.74 Å². The molecule has 0 bridgehead atoms. The van der Waals surface area contributed by atoms with E-state index >= 15 is 0 Å². The molecular weight excluding hydrogens is 302 g/mol. The van der Waals surface area contributed by atoms with Crippen LogP contribution in [-0.2, 0) is 4.74 Å². The normalized spacial score (nSPS) is 18.5. The highest BCUT2D eigenvalue weighted by Crippen LogP contribution is 2.30. The van der Waals surface area contributed by atoms with Crippen molar-refractivity contribution in [3.8, 4) is 0 Å². The van der Waals surface area contributed by atoms with Gasteiger partial charge in [0.1, 0.15) is 5.82 Å². The Hall–Kier alpha value is -2.05. The van der Waals surface area contributed by atoms with E-state index in [1.807, 2.05) is 25.1 Å². The van der Waals surface area contributed by atoms with Gasteiger partial charge in [0.2, 0.25) is 0 Å². The van der Waals surface area contributed by atoms with Crippen molar-refractivity contribution in [3.05, 3.63) is 42.0 Å². The summed E-state index contributed by atoms with van der Waals surface area (Å²) in [6, 6.07) is 5.93. The molecule has 1 atom stereocenters. The molecule has 128 valence electrons. The summed E-state index contributed by atoms with van der Waals surface area (Å²) < 4.78 is 5.21. The van der Waals surface area contributed by atoms with Crippen LogP contribution in [0.2, 0.25) is 0 Å². The number of hydrogen-bond donors (Lipinski definition) is 1. The molecule has 0 spiro atoms. The standard InChI is InChI=1S/C18H25N5O/c1-14-5-3-7-16(21-14)22-18-17(19-8-9-20-18)15-6-4-10-23(13-15)11-12-24-2/h3,5,7-9,15H,4,6,10-13H2,1-2H3,(H,20,21,22)/t15-/m1/s1. The molecule has 0 saturated carbocycles. The fourth-order valence-electron chi connectivity index (χ4n) is 3.18. The summed E-state index contributed by atoms with van der Waals surface area (Å²) in [7, 11) is 1.75. The zero-order valence-corrected chi connectivity index (χ0v) is 14.4. The van der Waals surface area contributed by atoms with Crippen LogP contribution in [-0.4, -0.2) is 53.2 Å². The van der Waals surface area contributed by atoms with E-state index in [0.29, 0.717) is 5.92 Å². The molecule has 0 unspecified atom stereocenters. The third-order valence-electron chi connectivity index (χ3n) is 4.37. The highest BCUT2D eigenvalue weighted by Gasteiger charge is 2.25. The highest BCUT2D eigenvalue weighted by atomic mass is 16.5. The Labute approximate surface area is 143 Å². The van der Waals surface area contributed by atoms with Gasteiger partial charge in [-0.3, -0.25) is 4.98 Å². The fourth-order valence-corrected chi connectivity index (χ4v) is 3.18. The minimum atomic E-state index is 0.386. The number of nitrogens with one attached hydrogen (secondary N) is 1. The van der Waals surface area contributed by atoms with Crippen LogP contribution in [0.4, 0.5) is 11.6 Å². The van der Waals surface area contributed by atoms with Gasteiger partial charge < -0.3 is 15.0 Å². The number of likely N-dealkylation sites (tertiary alicyclic amines) is 1. The molecule has 0 aromatic carbocycles. The third-order valence-corrected chi connectivity index (χ3v) is 4.37. The number of nitrogens with zero attached hydrogens (tertiary/aromatic N) is 4. The number of aryl methyl sites for hydroxylation is 1. The summed E-state index contributed by atoms with van der Waals surface area (Å²) in [6.45, 7) is 5.85. The molecule has 2 aromatic rings. The predicted molar refractivity (Wildman–Crippen MR) is 94.6 cm³/mol. The number of piperidine rings is 1. The van der Waals surface area contributed by atoms with E-state index in [2.05, 4.69) is 25.2 Å². The molecule has 6 heteroatoms. The van der Waals surface area contributed by atoms with Crippen LogP contribution in [0.1, 0.15) is 30.1 Å². The van der Waals surface area contributed by atoms with Crippen molar-refractivity contribution < 1.29 is 4.74 Å². The second-order valence-electron chi connectivity index (χ2n) is 6.21. The van der Waals surface area contributed by atoms with Crippen LogP contribution in [0, 0.1) is 6.92 Å². The Balaban J connectivity index is 1.76. The van der Waals surface area contributed by atoms with Gasteiger partial charge in [0.15, 0.2) is 5.82 Å². The van der Waals surface area contributed by atoms with Crippen LogP contribution in [0.15, 0.2) is 30.6 Å². The molecule has 0 radical (unpaired) electrons. The van der Waals surface area contributed by atoms with Gasteiger partial charge in [-0.15, -0.1) is 0 Å². The summed E-state index contributed by atoms with van der Waals surface area (Å²) in [6.07, 6.45) is 5.82. The molecule has 0 amide bonds. The summed E-state index contributed by atoms with van der Waals surface area (Å²) in [5, 5.41) is 3.34. The van der Waals surface area contributed by atoms with E-state index < -0.39 is 0 Å². The lowest BCUT2D eigenvalue weighted by Crippen LogP contribution is -2.37. The van der Waals surface area contributed by atoms with Gasteiger partial charge in [-0.1, -0.05) is 6.07 Å². The second-order valence-corrected chi connectivity index (χ2v) is 6.21. The van der Waals surface area contributed by atoms with Gasteiger partial charge in [-0.2, -0.15) is 0 Å². The molecule has 1 N–H and O–H groups in total. The topological polar surface area (TPSA) is 63.2 Å². The first-order valence-electron chi connectivity index (χ1n) is 8.49. The SMILES string of the molecule is COCCN1CCC[C@@H](c2nccnc2Nc2cccc(C)n2)C1. The molecule has 1 fully saturated rings. The van der Waals surface area contributed by atoms with Crippen molar-refractivity contribution in [1.29, 1.82) is 0 Å². The fraction of sp³-hybridized carbons (Fsp3) is 0.500. The van der Waals surface area contributed by atoms with E-state index in [-0.39, 0.29) is 0 Å². The molecule has 0 aliphatic carbocycles. The number of rotatable bonds is 6. The zero-order chi connectivity index (χ0) is 16.8. The van der Waals surface area contributed by atoms with Crippen LogP contribution < -0.4 is 5.32 Å². The molecule has 6 nitrogen and oxygen atoms in total. The van der Waals surface area contributed by atoms with Crippen molar-refractivity contribution >= 4 is 11.6 Å². The lowest BCUT2D eigenvalue weighted by molar-refractivity contribution is 0.127. The largest absolute Gasteiger partial charge is 0.383 e. The van der Waals surface area contributed by atoms with Crippen LogP contribution >= 0.6 is 0 Å². The molecule has 1 saturated heterocycles. The number of pyridine rings is 1. The Kier molecular flexibility index (Phi) is 5.72. The lowest BCUT2D eigenvalue weighted by Gasteiger charge is -2.32. The smallest absolute Gasteiger partial charge is 0.153 e. The zero-order valence-electron chi connectivity index (χ0n) is 14.4. The summed E-state index contributed by atoms with van der Waals surface area (Å²) in [5.74, 6) is 2.01. The Bertz CT molecular complexity index is 663. The van der Waals surface area contributed by atoms with Crippen LogP contribution in [0.3, 0.4) is 0 Å². The summed E-state index contributed by atoms with van der Waals surface area (Å²) >= 11 is 0. The second kappa shape index (κ2) is 8.17. The van der Waals surface area contributed by atoms with Gasteiger partial charge in [0.05, 0.1) is 12.3 Å². The molecule has 3 heterocycles. The van der Waals surface area contributed by atoms with Gasteiger partial charge in [0, 0.05) is 44.2 Å². The molecule has 1 aliphatic rings. The number of methoxy groups -OCH3 is 1. The number of ether oxygens (including phenoxy) is 1. The van der Waals surface area contributed by atoms with E-state index in [9.17, 15) is 0 Å². The number of aromatic nitrogens is 3. The first-order valence-corrected chi connectivity index (χ1v) is 8.49. The van der Waals surface area contributed by atoms with Crippen molar-refractivity contribution in [2.75, 3.05) is 38.7 Å². The van der Waals surface area contributed by atoms with Crippen molar-refractivity contribution in [2.45, 2.75) is 25.7 Å². The maximum absolute atomic E-state index is 5.21. The third kappa shape index (κ3) is 4.27. The average Bonchev–Trinajstić information content (AvgIpc) is 2.61. The average molecular weight is 327 g/mol. The minimum absolute atomic E-state index is 0.386. The molecule has 2 aromatic heterocycles. The van der Waals surface area contributed by atoms with Gasteiger partial charge in [-0.25, -0.2) is 9.97 Å². The monoisotopic (exact) mass is 327 g/mol. The van der Waals surface area contributed by atoms with Gasteiger partial charge in [0.25, 0.3) is 0 Å². The Morgan fingerprint density at radius 1 is 1.29 bits per heavy atom. The number of anilines is 2. The Morgan fingerprint density at radius 2 is 2.17 bits per heavy atom. The summed E-state index contributed by atoms with van der Waals surface area (Å²) in [4.78, 5) is 16.1.